The number of nitrogens with zero attached hydrogens (tertiary/aromatic N) is 1. The fraction of sp³-hybridized carbons (Fsp3) is 0.0667. The Bertz CT molecular complexity index is 688. The van der Waals surface area contributed by atoms with Gasteiger partial charge < -0.3 is 9.67 Å². The van der Waals surface area contributed by atoms with E-state index in [1.54, 1.807) is 10.6 Å². The summed E-state index contributed by atoms with van der Waals surface area (Å²) in [6.07, 6.45) is 1.83. The van der Waals surface area contributed by atoms with Crippen molar-refractivity contribution in [2.45, 2.75) is 6.54 Å². The van der Waals surface area contributed by atoms with Gasteiger partial charge in [0.25, 0.3) is 0 Å². The number of hydrogen-bond acceptors (Lipinski definition) is 1. The van der Waals surface area contributed by atoms with Crippen molar-refractivity contribution in [1.82, 2.24) is 4.57 Å². The van der Waals surface area contributed by atoms with E-state index in [0.717, 1.165) is 10.9 Å². The molecule has 2 nitrogen and oxygen atoms in total. The molecule has 3 aromatic rings. The predicted molar refractivity (Wildman–Crippen MR) is 69.1 cm³/mol. The second-order valence-electron chi connectivity index (χ2n) is 4.30. The molecule has 0 amide bonds. The number of hydrogen-bond donors (Lipinski definition) is 1. The normalized spacial score (nSPS) is 10.9. The number of fused-ring (bicyclic) bond motifs is 1. The van der Waals surface area contributed by atoms with Gasteiger partial charge in [0.1, 0.15) is 5.82 Å². The van der Waals surface area contributed by atoms with Crippen LogP contribution >= 0.6 is 0 Å². The van der Waals surface area contributed by atoms with Gasteiger partial charge in [-0.05, 0) is 23.8 Å². The molecule has 0 saturated heterocycles. The van der Waals surface area contributed by atoms with E-state index in [9.17, 15) is 9.50 Å². The number of halogens is 1. The van der Waals surface area contributed by atoms with Gasteiger partial charge in [-0.2, -0.15) is 0 Å². The summed E-state index contributed by atoms with van der Waals surface area (Å²) in [5, 5.41) is 11.5. The molecule has 0 radical (unpaired) electrons. The summed E-state index contributed by atoms with van der Waals surface area (Å²) in [7, 11) is 0. The Kier molecular flexibility index (Phi) is 2.52. The first-order valence-electron chi connectivity index (χ1n) is 5.75. The van der Waals surface area contributed by atoms with Gasteiger partial charge in [-0.1, -0.05) is 30.3 Å². The maximum atomic E-state index is 13.1. The Morgan fingerprint density at radius 3 is 2.61 bits per heavy atom. The third-order valence-corrected chi connectivity index (χ3v) is 3.02. The molecule has 2 aromatic carbocycles. The molecule has 0 aliphatic heterocycles. The Balaban J connectivity index is 2.05. The zero-order valence-corrected chi connectivity index (χ0v) is 9.68. The standard InChI is InChI=1S/C15H12FNO/c16-13-7-6-12-10-17(15(18)14(12)8-13)9-11-4-2-1-3-5-11/h1-8,10,18H,9H2. The minimum atomic E-state index is -0.338. The third kappa shape index (κ3) is 1.84. The molecule has 3 rings (SSSR count). The molecule has 0 aliphatic carbocycles. The van der Waals surface area contributed by atoms with E-state index in [1.807, 2.05) is 36.5 Å². The van der Waals surface area contributed by atoms with Crippen molar-refractivity contribution in [1.29, 1.82) is 0 Å². The molecule has 0 fully saturated rings. The number of aromatic nitrogens is 1. The van der Waals surface area contributed by atoms with Crippen LogP contribution < -0.4 is 0 Å². The largest absolute Gasteiger partial charge is 0.494 e. The van der Waals surface area contributed by atoms with Crippen LogP contribution in [0.4, 0.5) is 4.39 Å². The molecular weight excluding hydrogens is 229 g/mol. The minimum absolute atomic E-state index is 0.105. The van der Waals surface area contributed by atoms with E-state index in [4.69, 9.17) is 0 Å². The summed E-state index contributed by atoms with van der Waals surface area (Å²) >= 11 is 0. The van der Waals surface area contributed by atoms with Crippen molar-refractivity contribution in [2.24, 2.45) is 0 Å². The van der Waals surface area contributed by atoms with Gasteiger partial charge in [-0.3, -0.25) is 0 Å². The second kappa shape index (κ2) is 4.18. The lowest BCUT2D eigenvalue weighted by atomic mass is 10.2. The maximum absolute atomic E-state index is 13.1. The Labute approximate surface area is 104 Å². The average Bonchev–Trinajstić information content (AvgIpc) is 2.68. The topological polar surface area (TPSA) is 25.2 Å². The molecule has 0 unspecified atom stereocenters. The fourth-order valence-electron chi connectivity index (χ4n) is 2.12. The lowest BCUT2D eigenvalue weighted by Crippen LogP contribution is -1.96. The molecular formula is C15H12FNO. The molecule has 0 atom stereocenters. The van der Waals surface area contributed by atoms with Gasteiger partial charge in [0.2, 0.25) is 0 Å². The van der Waals surface area contributed by atoms with E-state index in [-0.39, 0.29) is 11.7 Å². The highest BCUT2D eigenvalue weighted by Gasteiger charge is 2.09. The Hall–Kier alpha value is -2.29. The first kappa shape index (κ1) is 10.8. The lowest BCUT2D eigenvalue weighted by Gasteiger charge is -2.04. The van der Waals surface area contributed by atoms with Crippen LogP contribution in [0.5, 0.6) is 5.88 Å². The van der Waals surface area contributed by atoms with Crippen LogP contribution in [-0.4, -0.2) is 9.67 Å². The number of benzene rings is 2. The molecule has 0 saturated carbocycles. The molecule has 1 N–H and O–H groups in total. The molecule has 3 heteroatoms. The molecule has 90 valence electrons. The number of aromatic hydroxyl groups is 1. The molecule has 1 aromatic heterocycles. The SMILES string of the molecule is Oc1c2cc(F)ccc2cn1Cc1ccccc1. The van der Waals surface area contributed by atoms with Crippen LogP contribution in [0.2, 0.25) is 0 Å². The van der Waals surface area contributed by atoms with Gasteiger partial charge in [-0.15, -0.1) is 0 Å². The van der Waals surface area contributed by atoms with Crippen molar-refractivity contribution in [3.05, 3.63) is 66.1 Å². The molecule has 0 aliphatic rings. The van der Waals surface area contributed by atoms with Gasteiger partial charge in [0.05, 0.1) is 6.54 Å². The van der Waals surface area contributed by atoms with Gasteiger partial charge in [-0.25, -0.2) is 4.39 Å². The van der Waals surface area contributed by atoms with Crippen LogP contribution in [-0.2, 0) is 6.54 Å². The minimum Gasteiger partial charge on any atom is -0.494 e. The lowest BCUT2D eigenvalue weighted by molar-refractivity contribution is 0.430. The molecule has 18 heavy (non-hydrogen) atoms. The monoisotopic (exact) mass is 241 g/mol. The summed E-state index contributed by atoms with van der Waals surface area (Å²) in [6.45, 7) is 0.572. The van der Waals surface area contributed by atoms with Crippen LogP contribution in [0.3, 0.4) is 0 Å². The summed E-state index contributed by atoms with van der Waals surface area (Å²) in [4.78, 5) is 0. The van der Waals surface area contributed by atoms with E-state index in [0.29, 0.717) is 11.9 Å². The summed E-state index contributed by atoms with van der Waals surface area (Å²) in [6, 6.07) is 14.3. The van der Waals surface area contributed by atoms with Crippen molar-refractivity contribution < 1.29 is 9.50 Å². The quantitative estimate of drug-likeness (QED) is 0.729. The Morgan fingerprint density at radius 1 is 1.06 bits per heavy atom. The van der Waals surface area contributed by atoms with E-state index < -0.39 is 0 Å². The van der Waals surface area contributed by atoms with E-state index >= 15 is 0 Å². The van der Waals surface area contributed by atoms with Gasteiger partial charge in [0.15, 0.2) is 5.88 Å². The highest BCUT2D eigenvalue weighted by molar-refractivity contribution is 5.87. The molecule has 0 spiro atoms. The van der Waals surface area contributed by atoms with Crippen molar-refractivity contribution in [3.63, 3.8) is 0 Å². The Morgan fingerprint density at radius 2 is 1.83 bits per heavy atom. The first-order chi connectivity index (χ1) is 8.74. The zero-order valence-electron chi connectivity index (χ0n) is 9.68. The van der Waals surface area contributed by atoms with Crippen LogP contribution in [0.25, 0.3) is 10.8 Å². The van der Waals surface area contributed by atoms with Crippen LogP contribution in [0.15, 0.2) is 54.7 Å². The van der Waals surface area contributed by atoms with E-state index in [1.165, 1.54) is 12.1 Å². The van der Waals surface area contributed by atoms with Gasteiger partial charge >= 0.3 is 0 Å². The smallest absolute Gasteiger partial charge is 0.199 e. The van der Waals surface area contributed by atoms with Crippen LogP contribution in [0, 0.1) is 5.82 Å². The van der Waals surface area contributed by atoms with Gasteiger partial charge in [0, 0.05) is 17.0 Å². The molecule has 0 bridgehead atoms. The first-order valence-corrected chi connectivity index (χ1v) is 5.75. The number of rotatable bonds is 2. The predicted octanol–water partition coefficient (Wildman–Crippen LogP) is 3.53. The highest BCUT2D eigenvalue weighted by atomic mass is 19.1. The zero-order chi connectivity index (χ0) is 12.5. The second-order valence-corrected chi connectivity index (χ2v) is 4.30. The molecule has 1 heterocycles. The highest BCUT2D eigenvalue weighted by Crippen LogP contribution is 2.28. The van der Waals surface area contributed by atoms with Crippen LogP contribution in [0.1, 0.15) is 5.56 Å². The van der Waals surface area contributed by atoms with E-state index in [2.05, 4.69) is 0 Å². The van der Waals surface area contributed by atoms with Crippen molar-refractivity contribution in [3.8, 4) is 5.88 Å². The summed E-state index contributed by atoms with van der Waals surface area (Å²) in [5.41, 5.74) is 1.09. The third-order valence-electron chi connectivity index (χ3n) is 3.02. The summed E-state index contributed by atoms with van der Waals surface area (Å²) < 4.78 is 14.9. The average molecular weight is 241 g/mol. The summed E-state index contributed by atoms with van der Waals surface area (Å²) in [5.74, 6) is -0.233. The maximum Gasteiger partial charge on any atom is 0.199 e. The van der Waals surface area contributed by atoms with Crippen molar-refractivity contribution in [2.75, 3.05) is 0 Å². The fourth-order valence-corrected chi connectivity index (χ4v) is 2.12. The van der Waals surface area contributed by atoms with Crippen molar-refractivity contribution >= 4 is 10.8 Å².